The molecule has 0 unspecified atom stereocenters. The summed E-state index contributed by atoms with van der Waals surface area (Å²) in [6.45, 7) is 8.83. The van der Waals surface area contributed by atoms with Crippen molar-refractivity contribution in [2.45, 2.75) is 46.3 Å². The second-order valence-corrected chi connectivity index (χ2v) is 9.01. The molecule has 0 spiro atoms. The van der Waals surface area contributed by atoms with E-state index in [0.717, 1.165) is 16.9 Å². The van der Waals surface area contributed by atoms with Gasteiger partial charge < -0.3 is 20.7 Å². The molecule has 2 amide bonds. The van der Waals surface area contributed by atoms with Crippen LogP contribution in [0.15, 0.2) is 42.6 Å². The molecular weight excluding hydrogens is 442 g/mol. The van der Waals surface area contributed by atoms with Gasteiger partial charge in [0.15, 0.2) is 0 Å². The van der Waals surface area contributed by atoms with E-state index >= 15 is 0 Å². The molecular formula is C24H30ClN5O3. The lowest BCUT2D eigenvalue weighted by atomic mass is 10.2. The molecule has 0 fully saturated rings. The number of carbonyl (C=O) groups is 2. The van der Waals surface area contributed by atoms with Crippen molar-refractivity contribution in [3.05, 3.63) is 64.6 Å². The standard InChI is InChI=1S/C24H30ClN5O3/c1-5-19-21(30-15-17(25)8-11-20(30)29-19)22(31)28-14-16-6-9-18(10-7-16)26-12-13-27-23(32)33-24(2,3)4/h6-11,15,26H,5,12-14H2,1-4H3,(H,27,32)(H,28,31). The van der Waals surface area contributed by atoms with E-state index in [9.17, 15) is 9.59 Å². The highest BCUT2D eigenvalue weighted by Gasteiger charge is 2.18. The number of fused-ring (bicyclic) bond motifs is 1. The quantitative estimate of drug-likeness (QED) is 0.423. The normalized spacial score (nSPS) is 11.3. The van der Waals surface area contributed by atoms with Crippen LogP contribution in [0, 0.1) is 0 Å². The number of alkyl carbamates (subject to hydrolysis) is 1. The van der Waals surface area contributed by atoms with E-state index < -0.39 is 11.7 Å². The van der Waals surface area contributed by atoms with Gasteiger partial charge in [0.1, 0.15) is 16.9 Å². The number of pyridine rings is 1. The lowest BCUT2D eigenvalue weighted by Gasteiger charge is -2.19. The minimum atomic E-state index is -0.515. The predicted octanol–water partition coefficient (Wildman–Crippen LogP) is 4.42. The highest BCUT2D eigenvalue weighted by atomic mass is 35.5. The summed E-state index contributed by atoms with van der Waals surface area (Å²) in [5, 5.41) is 9.45. The van der Waals surface area contributed by atoms with Gasteiger partial charge in [0, 0.05) is 31.5 Å². The first-order valence-corrected chi connectivity index (χ1v) is 11.3. The highest BCUT2D eigenvalue weighted by molar-refractivity contribution is 6.30. The summed E-state index contributed by atoms with van der Waals surface area (Å²) in [7, 11) is 0. The van der Waals surface area contributed by atoms with Crippen LogP contribution in [-0.4, -0.2) is 40.1 Å². The number of imidazole rings is 1. The molecule has 3 rings (SSSR count). The highest BCUT2D eigenvalue weighted by Crippen LogP contribution is 2.18. The van der Waals surface area contributed by atoms with Crippen molar-refractivity contribution in [2.24, 2.45) is 0 Å². The van der Waals surface area contributed by atoms with E-state index in [-0.39, 0.29) is 5.91 Å². The maximum Gasteiger partial charge on any atom is 0.407 e. The number of ether oxygens (including phenoxy) is 1. The average Bonchev–Trinajstić information content (AvgIpc) is 3.12. The zero-order valence-corrected chi connectivity index (χ0v) is 20.1. The van der Waals surface area contributed by atoms with Crippen molar-refractivity contribution in [1.82, 2.24) is 20.0 Å². The number of carbonyl (C=O) groups excluding carboxylic acids is 2. The van der Waals surface area contributed by atoms with Gasteiger partial charge in [-0.15, -0.1) is 0 Å². The van der Waals surface area contributed by atoms with Crippen LogP contribution in [-0.2, 0) is 17.7 Å². The number of hydrogen-bond acceptors (Lipinski definition) is 5. The first kappa shape index (κ1) is 24.4. The molecule has 3 aromatic rings. The Bertz CT molecular complexity index is 1120. The fourth-order valence-electron chi connectivity index (χ4n) is 3.25. The maximum absolute atomic E-state index is 12.9. The number of hydrogen-bond donors (Lipinski definition) is 3. The second kappa shape index (κ2) is 10.6. The predicted molar refractivity (Wildman–Crippen MR) is 130 cm³/mol. The Kier molecular flexibility index (Phi) is 7.81. The molecule has 0 aliphatic rings. The summed E-state index contributed by atoms with van der Waals surface area (Å²) in [6.07, 6.45) is 1.91. The number of aromatic nitrogens is 2. The number of anilines is 1. The molecule has 0 radical (unpaired) electrons. The molecule has 0 bridgehead atoms. The maximum atomic E-state index is 12.9. The van der Waals surface area contributed by atoms with Crippen LogP contribution >= 0.6 is 11.6 Å². The molecule has 9 heteroatoms. The number of rotatable bonds is 8. The van der Waals surface area contributed by atoms with Gasteiger partial charge in [-0.05, 0) is 57.0 Å². The molecule has 176 valence electrons. The van der Waals surface area contributed by atoms with Crippen molar-refractivity contribution in [3.8, 4) is 0 Å². The summed E-state index contributed by atoms with van der Waals surface area (Å²) in [6, 6.07) is 11.3. The van der Waals surface area contributed by atoms with Gasteiger partial charge >= 0.3 is 6.09 Å². The summed E-state index contributed by atoms with van der Waals surface area (Å²) >= 11 is 6.11. The van der Waals surface area contributed by atoms with Crippen LogP contribution in [0.1, 0.15) is 49.4 Å². The molecule has 2 heterocycles. The third-order valence-corrected chi connectivity index (χ3v) is 4.96. The topological polar surface area (TPSA) is 96.8 Å². The second-order valence-electron chi connectivity index (χ2n) is 8.57. The van der Waals surface area contributed by atoms with Crippen LogP contribution in [0.4, 0.5) is 10.5 Å². The number of benzene rings is 1. The largest absolute Gasteiger partial charge is 0.444 e. The van der Waals surface area contributed by atoms with Gasteiger partial charge in [-0.2, -0.15) is 0 Å². The number of amides is 2. The van der Waals surface area contributed by atoms with Crippen LogP contribution in [0.2, 0.25) is 5.02 Å². The molecule has 0 atom stereocenters. The van der Waals surface area contributed by atoms with Gasteiger partial charge in [-0.25, -0.2) is 9.78 Å². The van der Waals surface area contributed by atoms with Gasteiger partial charge in [0.2, 0.25) is 0 Å². The van der Waals surface area contributed by atoms with Crippen molar-refractivity contribution in [3.63, 3.8) is 0 Å². The minimum absolute atomic E-state index is 0.197. The number of nitrogens with zero attached hydrogens (tertiary/aromatic N) is 2. The average molecular weight is 472 g/mol. The van der Waals surface area contributed by atoms with E-state index in [2.05, 4.69) is 20.9 Å². The Morgan fingerprint density at radius 1 is 1.06 bits per heavy atom. The van der Waals surface area contributed by atoms with Crippen LogP contribution in [0.25, 0.3) is 5.65 Å². The van der Waals surface area contributed by atoms with E-state index in [0.29, 0.717) is 42.4 Å². The van der Waals surface area contributed by atoms with Crippen molar-refractivity contribution < 1.29 is 14.3 Å². The lowest BCUT2D eigenvalue weighted by Crippen LogP contribution is -2.34. The molecule has 2 aromatic heterocycles. The fraction of sp³-hybridized carbons (Fsp3) is 0.375. The molecule has 33 heavy (non-hydrogen) atoms. The van der Waals surface area contributed by atoms with E-state index in [4.69, 9.17) is 16.3 Å². The summed E-state index contributed by atoms with van der Waals surface area (Å²) in [5.74, 6) is -0.197. The number of halogens is 1. The minimum Gasteiger partial charge on any atom is -0.444 e. The van der Waals surface area contributed by atoms with E-state index in [1.807, 2.05) is 52.0 Å². The lowest BCUT2D eigenvalue weighted by molar-refractivity contribution is 0.0530. The van der Waals surface area contributed by atoms with Crippen LogP contribution in [0.3, 0.4) is 0 Å². The summed E-state index contributed by atoms with van der Waals surface area (Å²) in [4.78, 5) is 29.1. The Labute approximate surface area is 198 Å². The molecule has 0 aliphatic carbocycles. The Hall–Kier alpha value is -3.26. The molecule has 3 N–H and O–H groups in total. The summed E-state index contributed by atoms with van der Waals surface area (Å²) in [5.41, 5.74) is 3.29. The van der Waals surface area contributed by atoms with Gasteiger partial charge in [-0.3, -0.25) is 9.20 Å². The van der Waals surface area contributed by atoms with E-state index in [1.165, 1.54) is 0 Å². The molecule has 0 saturated carbocycles. The monoisotopic (exact) mass is 471 g/mol. The first-order chi connectivity index (χ1) is 15.7. The van der Waals surface area contributed by atoms with Gasteiger partial charge in [0.25, 0.3) is 5.91 Å². The molecule has 0 saturated heterocycles. The van der Waals surface area contributed by atoms with E-state index in [1.54, 1.807) is 22.7 Å². The van der Waals surface area contributed by atoms with Gasteiger partial charge in [0.05, 0.1) is 10.7 Å². The SMILES string of the molecule is CCc1nc2ccc(Cl)cn2c1C(=O)NCc1ccc(NCCNC(=O)OC(C)(C)C)cc1. The van der Waals surface area contributed by atoms with Crippen molar-refractivity contribution in [1.29, 1.82) is 0 Å². The molecule has 8 nitrogen and oxygen atoms in total. The smallest absolute Gasteiger partial charge is 0.407 e. The number of aryl methyl sites for hydroxylation is 1. The van der Waals surface area contributed by atoms with Crippen LogP contribution in [0.5, 0.6) is 0 Å². The third-order valence-electron chi connectivity index (χ3n) is 4.73. The fourth-order valence-corrected chi connectivity index (χ4v) is 3.41. The molecule has 1 aromatic carbocycles. The molecule has 0 aliphatic heterocycles. The van der Waals surface area contributed by atoms with Gasteiger partial charge in [-0.1, -0.05) is 30.7 Å². The first-order valence-electron chi connectivity index (χ1n) is 10.9. The van der Waals surface area contributed by atoms with Crippen molar-refractivity contribution in [2.75, 3.05) is 18.4 Å². The Morgan fingerprint density at radius 3 is 2.45 bits per heavy atom. The zero-order valence-electron chi connectivity index (χ0n) is 19.4. The zero-order chi connectivity index (χ0) is 24.0. The Balaban J connectivity index is 1.51. The number of nitrogens with one attached hydrogen (secondary N) is 3. The Morgan fingerprint density at radius 2 is 1.79 bits per heavy atom. The summed E-state index contributed by atoms with van der Waals surface area (Å²) < 4.78 is 6.93. The van der Waals surface area contributed by atoms with Crippen molar-refractivity contribution >= 4 is 34.9 Å². The van der Waals surface area contributed by atoms with Crippen LogP contribution < -0.4 is 16.0 Å². The third kappa shape index (κ3) is 6.86.